The average Bonchev–Trinajstić information content (AvgIpc) is 2.86. The summed E-state index contributed by atoms with van der Waals surface area (Å²) < 4.78 is 0. The maximum absolute atomic E-state index is 3.52. The van der Waals surface area contributed by atoms with Gasteiger partial charge in [0.25, 0.3) is 0 Å². The van der Waals surface area contributed by atoms with Crippen molar-refractivity contribution in [1.29, 1.82) is 0 Å². The summed E-state index contributed by atoms with van der Waals surface area (Å²) >= 11 is 0. The molecule has 0 aliphatic carbocycles. The van der Waals surface area contributed by atoms with E-state index in [1.165, 1.54) is 62.9 Å². The van der Waals surface area contributed by atoms with Gasteiger partial charge in [0.2, 0.25) is 0 Å². The molecule has 0 saturated carbocycles. The Hall–Kier alpha value is -0.600. The van der Waals surface area contributed by atoms with Crippen LogP contribution in [0.1, 0.15) is 52.9 Å². The van der Waals surface area contributed by atoms with Crippen LogP contribution in [0.2, 0.25) is 0 Å². The highest BCUT2D eigenvalue weighted by Gasteiger charge is 2.09. The second kappa shape index (κ2) is 10.2. The Balaban J connectivity index is 1.94. The van der Waals surface area contributed by atoms with E-state index in [4.69, 9.17) is 0 Å². The van der Waals surface area contributed by atoms with E-state index in [1.54, 1.807) is 0 Å². The van der Waals surface area contributed by atoms with Crippen molar-refractivity contribution in [3.8, 4) is 0 Å². The molecule has 1 saturated heterocycles. The molecule has 0 spiro atoms. The van der Waals surface area contributed by atoms with Gasteiger partial charge >= 0.3 is 0 Å². The Morgan fingerprint density at radius 2 is 1.84 bits per heavy atom. The molecule has 1 aliphatic heterocycles. The predicted molar refractivity (Wildman–Crippen MR) is 85.6 cm³/mol. The lowest BCUT2D eigenvalue weighted by Gasteiger charge is -2.13. The lowest BCUT2D eigenvalue weighted by Crippen LogP contribution is -2.24. The number of hydrogen-bond acceptors (Lipinski definition) is 2. The van der Waals surface area contributed by atoms with Crippen molar-refractivity contribution in [3.05, 3.63) is 23.3 Å². The first kappa shape index (κ1) is 16.5. The van der Waals surface area contributed by atoms with Crippen LogP contribution in [0, 0.1) is 0 Å². The van der Waals surface area contributed by atoms with Crippen molar-refractivity contribution >= 4 is 0 Å². The Bertz CT molecular complexity index is 282. The standard InChI is InChI=1S/C17H32N2/c1-16(2)8-6-9-17(3)10-12-18-11-7-15-19-13-4-5-14-19/h8,10,18H,4-7,9,11-15H2,1-3H3. The van der Waals surface area contributed by atoms with Crippen molar-refractivity contribution in [3.63, 3.8) is 0 Å². The van der Waals surface area contributed by atoms with Crippen LogP contribution in [-0.4, -0.2) is 37.6 Å². The molecule has 19 heavy (non-hydrogen) atoms. The molecule has 0 aromatic carbocycles. The van der Waals surface area contributed by atoms with Gasteiger partial charge in [0.05, 0.1) is 0 Å². The third-order valence-corrected chi connectivity index (χ3v) is 3.71. The number of rotatable bonds is 9. The average molecular weight is 264 g/mol. The monoisotopic (exact) mass is 264 g/mol. The summed E-state index contributed by atoms with van der Waals surface area (Å²) in [7, 11) is 0. The lowest BCUT2D eigenvalue weighted by molar-refractivity contribution is 0.332. The first-order chi connectivity index (χ1) is 9.18. The topological polar surface area (TPSA) is 15.3 Å². The van der Waals surface area contributed by atoms with Gasteiger partial charge in [-0.1, -0.05) is 23.3 Å². The van der Waals surface area contributed by atoms with Crippen molar-refractivity contribution in [1.82, 2.24) is 10.2 Å². The quantitative estimate of drug-likeness (QED) is 0.504. The fourth-order valence-corrected chi connectivity index (χ4v) is 2.47. The molecule has 1 rings (SSSR count). The third kappa shape index (κ3) is 9.01. The molecule has 1 aliphatic rings. The van der Waals surface area contributed by atoms with Crippen LogP contribution < -0.4 is 5.32 Å². The van der Waals surface area contributed by atoms with E-state index in [1.807, 2.05) is 0 Å². The molecule has 0 atom stereocenters. The summed E-state index contributed by atoms with van der Waals surface area (Å²) in [5.74, 6) is 0. The second-order valence-corrected chi connectivity index (χ2v) is 5.98. The van der Waals surface area contributed by atoms with Gasteiger partial charge in [-0.25, -0.2) is 0 Å². The highest BCUT2D eigenvalue weighted by atomic mass is 15.1. The largest absolute Gasteiger partial charge is 0.313 e. The normalized spacial score (nSPS) is 16.9. The van der Waals surface area contributed by atoms with Gasteiger partial charge in [-0.3, -0.25) is 0 Å². The van der Waals surface area contributed by atoms with Crippen LogP contribution in [0.15, 0.2) is 23.3 Å². The molecular formula is C17H32N2. The highest BCUT2D eigenvalue weighted by Crippen LogP contribution is 2.07. The van der Waals surface area contributed by atoms with Crippen molar-refractivity contribution in [2.75, 3.05) is 32.7 Å². The molecule has 0 bridgehead atoms. The maximum Gasteiger partial charge on any atom is 0.0137 e. The van der Waals surface area contributed by atoms with Crippen LogP contribution in [0.4, 0.5) is 0 Å². The molecule has 1 heterocycles. The number of allylic oxidation sites excluding steroid dienone is 3. The SMILES string of the molecule is CC(C)=CCCC(C)=CCNCCCN1CCCC1. The minimum atomic E-state index is 1.03. The van der Waals surface area contributed by atoms with Crippen LogP contribution >= 0.6 is 0 Å². The smallest absolute Gasteiger partial charge is 0.0137 e. The van der Waals surface area contributed by atoms with E-state index < -0.39 is 0 Å². The number of hydrogen-bond donors (Lipinski definition) is 1. The molecule has 0 amide bonds. The zero-order valence-corrected chi connectivity index (χ0v) is 13.2. The van der Waals surface area contributed by atoms with Gasteiger partial charge < -0.3 is 10.2 Å². The summed E-state index contributed by atoms with van der Waals surface area (Å²) in [6.45, 7) is 12.7. The minimum Gasteiger partial charge on any atom is -0.313 e. The minimum absolute atomic E-state index is 1.03. The van der Waals surface area contributed by atoms with Crippen LogP contribution in [-0.2, 0) is 0 Å². The summed E-state index contributed by atoms with van der Waals surface area (Å²) in [4.78, 5) is 2.59. The van der Waals surface area contributed by atoms with Crippen LogP contribution in [0.3, 0.4) is 0 Å². The maximum atomic E-state index is 3.52. The molecule has 0 aromatic rings. The Morgan fingerprint density at radius 1 is 1.11 bits per heavy atom. The Labute approximate surface area is 120 Å². The van der Waals surface area contributed by atoms with Gasteiger partial charge in [0.1, 0.15) is 0 Å². The first-order valence-electron chi connectivity index (χ1n) is 7.90. The molecule has 1 fully saturated rings. The van der Waals surface area contributed by atoms with Gasteiger partial charge in [-0.15, -0.1) is 0 Å². The summed E-state index contributed by atoms with van der Waals surface area (Å²) in [6.07, 6.45) is 11.1. The van der Waals surface area contributed by atoms with E-state index in [2.05, 4.69) is 43.1 Å². The summed E-state index contributed by atoms with van der Waals surface area (Å²) in [6, 6.07) is 0. The molecule has 0 unspecified atom stereocenters. The second-order valence-electron chi connectivity index (χ2n) is 5.98. The van der Waals surface area contributed by atoms with Gasteiger partial charge in [0.15, 0.2) is 0 Å². The van der Waals surface area contributed by atoms with Crippen molar-refractivity contribution in [2.45, 2.75) is 52.9 Å². The van der Waals surface area contributed by atoms with Crippen LogP contribution in [0.5, 0.6) is 0 Å². The third-order valence-electron chi connectivity index (χ3n) is 3.71. The van der Waals surface area contributed by atoms with E-state index in [9.17, 15) is 0 Å². The molecule has 110 valence electrons. The van der Waals surface area contributed by atoms with E-state index >= 15 is 0 Å². The van der Waals surface area contributed by atoms with E-state index in [0.29, 0.717) is 0 Å². The zero-order valence-electron chi connectivity index (χ0n) is 13.2. The molecule has 2 nitrogen and oxygen atoms in total. The molecule has 1 N–H and O–H groups in total. The van der Waals surface area contributed by atoms with Crippen LogP contribution in [0.25, 0.3) is 0 Å². The molecular weight excluding hydrogens is 232 g/mol. The van der Waals surface area contributed by atoms with E-state index in [-0.39, 0.29) is 0 Å². The lowest BCUT2D eigenvalue weighted by atomic mass is 10.1. The van der Waals surface area contributed by atoms with E-state index in [0.717, 1.165) is 13.1 Å². The fourth-order valence-electron chi connectivity index (χ4n) is 2.47. The Kier molecular flexibility index (Phi) is 8.85. The Morgan fingerprint density at radius 3 is 2.53 bits per heavy atom. The van der Waals surface area contributed by atoms with Gasteiger partial charge in [-0.05, 0) is 79.1 Å². The summed E-state index contributed by atoms with van der Waals surface area (Å²) in [5.41, 5.74) is 2.93. The molecule has 0 aromatic heterocycles. The molecule has 0 radical (unpaired) electrons. The van der Waals surface area contributed by atoms with Gasteiger partial charge in [0, 0.05) is 6.54 Å². The van der Waals surface area contributed by atoms with Crippen molar-refractivity contribution < 1.29 is 0 Å². The summed E-state index contributed by atoms with van der Waals surface area (Å²) in [5, 5.41) is 3.52. The number of nitrogens with zero attached hydrogens (tertiary/aromatic N) is 1. The fraction of sp³-hybridized carbons (Fsp3) is 0.765. The number of likely N-dealkylation sites (tertiary alicyclic amines) is 1. The molecule has 2 heteroatoms. The predicted octanol–water partition coefficient (Wildman–Crippen LogP) is 3.75. The first-order valence-corrected chi connectivity index (χ1v) is 7.90. The highest BCUT2D eigenvalue weighted by molar-refractivity contribution is 5.02. The van der Waals surface area contributed by atoms with Crippen molar-refractivity contribution in [2.24, 2.45) is 0 Å². The zero-order chi connectivity index (χ0) is 13.9. The van der Waals surface area contributed by atoms with Gasteiger partial charge in [-0.2, -0.15) is 0 Å². The number of nitrogens with one attached hydrogen (secondary N) is 1.